The van der Waals surface area contributed by atoms with E-state index in [0.717, 1.165) is 94.4 Å². The van der Waals surface area contributed by atoms with Crippen LogP contribution < -0.4 is 0 Å². The first-order chi connectivity index (χ1) is 65.4. The molecule has 0 aliphatic rings. The van der Waals surface area contributed by atoms with Crippen molar-refractivity contribution < 1.29 is 0 Å². The zero-order valence-corrected chi connectivity index (χ0v) is 71.3. The van der Waals surface area contributed by atoms with E-state index in [1.54, 1.807) is 0 Å². The van der Waals surface area contributed by atoms with Gasteiger partial charge in [0, 0.05) is 110 Å². The fraction of sp³-hybridized carbons (Fsp3) is 0. The summed E-state index contributed by atoms with van der Waals surface area (Å²) in [5.41, 5.74) is 22.0. The zero-order valence-electron chi connectivity index (χ0n) is 71.3. The summed E-state index contributed by atoms with van der Waals surface area (Å²) >= 11 is 0. The van der Waals surface area contributed by atoms with Crippen molar-refractivity contribution in [1.82, 2.24) is 39.9 Å². The minimum Gasteiger partial charge on any atom is -0.264 e. The molecule has 0 unspecified atom stereocenters. The molecular formula is C124H74N8. The number of pyridine rings is 8. The molecule has 0 amide bonds. The predicted molar refractivity (Wildman–Crippen MR) is 554 cm³/mol. The Labute approximate surface area is 757 Å². The molecule has 8 aromatic heterocycles. The number of benzene rings is 21. The Morgan fingerprint density at radius 1 is 0.136 bits per heavy atom. The van der Waals surface area contributed by atoms with E-state index in [0.29, 0.717) is 0 Å². The Morgan fingerprint density at radius 3 is 1.00 bits per heavy atom. The van der Waals surface area contributed by atoms with Crippen LogP contribution in [0.4, 0.5) is 0 Å². The van der Waals surface area contributed by atoms with Gasteiger partial charge in [0.25, 0.3) is 0 Å². The average Bonchev–Trinajstić information content (AvgIpc) is 0.717. The van der Waals surface area contributed by atoms with Crippen molar-refractivity contribution in [1.29, 1.82) is 0 Å². The molecule has 0 atom stereocenters. The van der Waals surface area contributed by atoms with Gasteiger partial charge in [-0.05, 0) is 271 Å². The van der Waals surface area contributed by atoms with Gasteiger partial charge in [-0.3, -0.25) is 29.9 Å². The third kappa shape index (κ3) is 12.7. The highest BCUT2D eigenvalue weighted by atomic mass is 14.7. The predicted octanol–water partition coefficient (Wildman–Crippen LogP) is 32.6. The van der Waals surface area contributed by atoms with Gasteiger partial charge in [-0.2, -0.15) is 0 Å². The largest absolute Gasteiger partial charge is 0.264 e. The first-order valence-corrected chi connectivity index (χ1v) is 44.8. The minimum atomic E-state index is 0.955. The lowest BCUT2D eigenvalue weighted by Crippen LogP contribution is -1.94. The Kier molecular flexibility index (Phi) is 17.8. The molecule has 0 spiro atoms. The van der Waals surface area contributed by atoms with Crippen molar-refractivity contribution in [2.45, 2.75) is 0 Å². The van der Waals surface area contributed by atoms with Gasteiger partial charge in [-0.25, -0.2) is 9.97 Å². The Bertz CT molecular complexity index is 9370. The quantitative estimate of drug-likeness (QED) is 0.139. The summed E-state index contributed by atoms with van der Waals surface area (Å²) in [5, 5.41) is 37.6. The molecule has 132 heavy (non-hydrogen) atoms. The van der Waals surface area contributed by atoms with Crippen LogP contribution in [0.5, 0.6) is 0 Å². The van der Waals surface area contributed by atoms with E-state index >= 15 is 0 Å². The fourth-order valence-corrected chi connectivity index (χ4v) is 20.8. The molecule has 0 fully saturated rings. The number of para-hydroxylation sites is 3. The van der Waals surface area contributed by atoms with E-state index in [9.17, 15) is 0 Å². The third-order valence-electron chi connectivity index (χ3n) is 27.0. The molecule has 29 rings (SSSR count). The van der Waals surface area contributed by atoms with E-state index < -0.39 is 0 Å². The highest BCUT2D eigenvalue weighted by molar-refractivity contribution is 6.33. The molecule has 0 saturated carbocycles. The molecule has 0 saturated heterocycles. The lowest BCUT2D eigenvalue weighted by atomic mass is 9.85. The van der Waals surface area contributed by atoms with Crippen molar-refractivity contribution in [3.05, 3.63) is 450 Å². The van der Waals surface area contributed by atoms with Gasteiger partial charge in [-0.1, -0.05) is 297 Å². The van der Waals surface area contributed by atoms with Crippen LogP contribution >= 0.6 is 0 Å². The van der Waals surface area contributed by atoms with Crippen LogP contribution in [-0.4, -0.2) is 39.9 Å². The smallest absolute Gasteiger partial charge is 0.0716 e. The molecule has 29 aromatic rings. The second kappa shape index (κ2) is 31.1. The minimum absolute atomic E-state index is 0.955. The van der Waals surface area contributed by atoms with Crippen LogP contribution in [0, 0.1) is 0 Å². The van der Waals surface area contributed by atoms with Crippen LogP contribution in [0.3, 0.4) is 0 Å². The highest BCUT2D eigenvalue weighted by Crippen LogP contribution is 2.50. The number of nitrogens with zero attached hydrogens (tertiary/aromatic N) is 8. The monoisotopic (exact) mass is 1670 g/mol. The van der Waals surface area contributed by atoms with Gasteiger partial charge in [-0.15, -0.1) is 0 Å². The van der Waals surface area contributed by atoms with Crippen LogP contribution in [0.15, 0.2) is 450 Å². The number of aromatic nitrogens is 8. The summed E-state index contributed by atoms with van der Waals surface area (Å²) < 4.78 is 0. The Balaban J connectivity index is 0.0000000942. The van der Waals surface area contributed by atoms with Crippen LogP contribution in [-0.2, 0) is 0 Å². The number of hydrogen-bond acceptors (Lipinski definition) is 8. The second-order valence-electron chi connectivity index (χ2n) is 34.3. The summed E-state index contributed by atoms with van der Waals surface area (Å²) in [6.07, 6.45) is 15.1. The molecule has 0 radical (unpaired) electrons. The Morgan fingerprint density at radius 2 is 0.492 bits per heavy atom. The maximum Gasteiger partial charge on any atom is 0.0716 e. The van der Waals surface area contributed by atoms with Gasteiger partial charge in [0.15, 0.2) is 0 Å². The molecule has 8 nitrogen and oxygen atoms in total. The lowest BCUT2D eigenvalue weighted by molar-refractivity contribution is 1.33. The van der Waals surface area contributed by atoms with Gasteiger partial charge < -0.3 is 0 Å². The van der Waals surface area contributed by atoms with Gasteiger partial charge in [0.2, 0.25) is 0 Å². The molecule has 8 heteroatoms. The van der Waals surface area contributed by atoms with Crippen molar-refractivity contribution in [3.8, 4) is 89.5 Å². The van der Waals surface area contributed by atoms with Crippen LogP contribution in [0.25, 0.3) is 273 Å². The van der Waals surface area contributed by atoms with Crippen LogP contribution in [0.2, 0.25) is 0 Å². The summed E-state index contributed by atoms with van der Waals surface area (Å²) in [5.74, 6) is 0. The lowest BCUT2D eigenvalue weighted by Gasteiger charge is -2.19. The summed E-state index contributed by atoms with van der Waals surface area (Å²) in [6.45, 7) is 0. The number of fused-ring (bicyclic) bond motifs is 5. The number of rotatable bonds is 8. The maximum absolute atomic E-state index is 5.13. The fourth-order valence-electron chi connectivity index (χ4n) is 20.8. The molecule has 0 aliphatic heterocycles. The molecule has 8 heterocycles. The summed E-state index contributed by atoms with van der Waals surface area (Å²) in [7, 11) is 0. The number of hydrogen-bond donors (Lipinski definition) is 0. The molecule has 0 aliphatic carbocycles. The van der Waals surface area contributed by atoms with Gasteiger partial charge in [0.1, 0.15) is 0 Å². The SMILES string of the molecule is c1cc2ccc3ccc(-c4ccc5cnccc5c4)c4ccc(c1)c2c34.c1ccc(-c2cc(-c3ccc4ccccc4n3)c3ccc4c(-c5cccnc5)ccc5ccc2c3c54)nc1.c1ccc(-c2cc(-c3ccc4ccccc4n3)c3ccc4c(-c5cnc6ccccc6c5)ccc5ccc2c3c54)nc1.c1cnc2cc(-c3ccc4ccc5cccc6ccc3c4c56)ccc2c1. The van der Waals surface area contributed by atoms with E-state index in [1.165, 1.54) is 179 Å². The summed E-state index contributed by atoms with van der Waals surface area (Å²) in [6, 6.07) is 143. The normalized spacial score (nSPS) is 11.8. The van der Waals surface area contributed by atoms with E-state index in [1.807, 2.05) is 92.0 Å². The molecule has 0 bridgehead atoms. The zero-order chi connectivity index (χ0) is 86.9. The average molecular weight is 1680 g/mol. The van der Waals surface area contributed by atoms with E-state index in [2.05, 4.69) is 373 Å². The highest BCUT2D eigenvalue weighted by Gasteiger charge is 2.24. The maximum atomic E-state index is 5.13. The second-order valence-corrected chi connectivity index (χ2v) is 34.3. The molecular weight excluding hydrogens is 1600 g/mol. The van der Waals surface area contributed by atoms with Crippen molar-refractivity contribution in [2.24, 2.45) is 0 Å². The molecule has 0 N–H and O–H groups in total. The standard InChI is InChI=1S/C39H23N3.C35H21N3.2C25H15N/c1-4-10-35-24(7-1)14-19-37(42-35)33-22-32(36-11-5-6-20-40-36)30-16-13-25-12-15-28(29-17-18-31(33)39(30)38(25)29)27-21-26-8-2-3-9-34(26)41-23-27;1-2-8-31-22(6-1)12-17-33(38-31)30-20-29(32-9-3-4-19-37-32)27-14-11-23-10-13-25(24-7-5-18-36-21-24)26-15-16-28(30)35(27)34(23)26;1-3-17-7-8-19-10-12-21(22-13-11-18(4-1)24(17)25(19)22)20-9-6-16-5-2-14-26-23(16)15-20;1-2-16-4-5-18-8-10-22(23-11-9-17(3-1)24(16)25(18)23)20-6-7-21-15-26-13-12-19(21)14-20/h1-23H;1-21H;2*1-15H. The third-order valence-corrected chi connectivity index (χ3v) is 27.0. The van der Waals surface area contributed by atoms with Crippen molar-refractivity contribution >= 4 is 184 Å². The molecule has 610 valence electrons. The molecule has 21 aromatic carbocycles. The van der Waals surface area contributed by atoms with Gasteiger partial charge in [0.05, 0.1) is 44.8 Å². The summed E-state index contributed by atoms with van der Waals surface area (Å²) in [4.78, 5) is 37.7. The van der Waals surface area contributed by atoms with E-state index in [-0.39, 0.29) is 0 Å². The van der Waals surface area contributed by atoms with Crippen molar-refractivity contribution in [2.75, 3.05) is 0 Å². The first kappa shape index (κ1) is 75.6. The van der Waals surface area contributed by atoms with Crippen LogP contribution in [0.1, 0.15) is 0 Å². The topological polar surface area (TPSA) is 103 Å². The van der Waals surface area contributed by atoms with Crippen molar-refractivity contribution in [3.63, 3.8) is 0 Å². The first-order valence-electron chi connectivity index (χ1n) is 44.8. The van der Waals surface area contributed by atoms with Gasteiger partial charge >= 0.3 is 0 Å². The Hall–Kier alpha value is -17.7. The van der Waals surface area contributed by atoms with E-state index in [4.69, 9.17) is 24.9 Å².